The molecule has 7 nitrogen and oxygen atoms in total. The van der Waals surface area contributed by atoms with E-state index in [1.54, 1.807) is 28.7 Å². The van der Waals surface area contributed by atoms with Crippen LogP contribution in [0, 0.1) is 13.8 Å². The largest absolute Gasteiger partial charge is 0.378 e. The Morgan fingerprint density at radius 3 is 2.72 bits per heavy atom. The summed E-state index contributed by atoms with van der Waals surface area (Å²) in [6, 6.07) is 7.77. The highest BCUT2D eigenvalue weighted by Gasteiger charge is 2.15. The van der Waals surface area contributed by atoms with Crippen LogP contribution in [0.25, 0.3) is 22.3 Å². The number of ether oxygens (including phenoxy) is 1. The lowest BCUT2D eigenvalue weighted by atomic mass is 10.1. The lowest BCUT2D eigenvalue weighted by Crippen LogP contribution is -2.36. The van der Waals surface area contributed by atoms with Gasteiger partial charge in [0.15, 0.2) is 10.1 Å². The second-order valence-electron chi connectivity index (χ2n) is 7.59. The molecule has 9 heteroatoms. The second-order valence-corrected chi connectivity index (χ2v) is 9.64. The maximum Gasteiger partial charge on any atom is 0.248 e. The molecule has 0 bridgehead atoms. The van der Waals surface area contributed by atoms with E-state index >= 15 is 0 Å². The van der Waals surface area contributed by atoms with Crippen molar-refractivity contribution in [3.8, 4) is 11.3 Å². The van der Waals surface area contributed by atoms with Crippen LogP contribution in [0.3, 0.4) is 0 Å². The maximum absolute atomic E-state index is 12.4. The van der Waals surface area contributed by atoms with E-state index in [1.165, 1.54) is 4.88 Å². The molecule has 0 atom stereocenters. The molecule has 0 radical (unpaired) electrons. The molecule has 3 aromatic heterocycles. The summed E-state index contributed by atoms with van der Waals surface area (Å²) in [4.78, 5) is 26.1. The molecule has 1 aliphatic rings. The standard InChI is InChI=1S/C23H23N5O2S2/c1-15-13-28-20(16(2)24-23(28)32-15)7-8-21(29)25-18-5-3-17(4-6-18)19-14-31-22(26-19)27-9-11-30-12-10-27/h3-8,13-14H,9-12H2,1-2H3,(H,25,29)/b8-7+. The number of thiazole rings is 2. The highest BCUT2D eigenvalue weighted by atomic mass is 32.1. The van der Waals surface area contributed by atoms with E-state index in [0.29, 0.717) is 0 Å². The number of anilines is 2. The van der Waals surface area contributed by atoms with Crippen LogP contribution in [-0.4, -0.2) is 46.6 Å². The fraction of sp³-hybridized carbons (Fsp3) is 0.261. The zero-order valence-electron chi connectivity index (χ0n) is 17.9. The highest BCUT2D eigenvalue weighted by Crippen LogP contribution is 2.28. The zero-order valence-corrected chi connectivity index (χ0v) is 19.5. The van der Waals surface area contributed by atoms with Crippen molar-refractivity contribution in [3.63, 3.8) is 0 Å². The minimum Gasteiger partial charge on any atom is -0.378 e. The van der Waals surface area contributed by atoms with Gasteiger partial charge in [-0.1, -0.05) is 12.1 Å². The molecule has 164 valence electrons. The molecule has 0 unspecified atom stereocenters. The van der Waals surface area contributed by atoms with Crippen LogP contribution < -0.4 is 10.2 Å². The van der Waals surface area contributed by atoms with Crippen LogP contribution >= 0.6 is 22.7 Å². The summed E-state index contributed by atoms with van der Waals surface area (Å²) >= 11 is 3.29. The maximum atomic E-state index is 12.4. The second kappa shape index (κ2) is 8.85. The molecule has 32 heavy (non-hydrogen) atoms. The van der Waals surface area contributed by atoms with E-state index in [0.717, 1.165) is 64.7 Å². The normalized spacial score (nSPS) is 14.5. The van der Waals surface area contributed by atoms with Crippen molar-refractivity contribution < 1.29 is 9.53 Å². The zero-order chi connectivity index (χ0) is 22.1. The van der Waals surface area contributed by atoms with Crippen molar-refractivity contribution in [2.75, 3.05) is 36.5 Å². The smallest absolute Gasteiger partial charge is 0.248 e. The Morgan fingerprint density at radius 2 is 1.94 bits per heavy atom. The van der Waals surface area contributed by atoms with Gasteiger partial charge in [-0.15, -0.1) is 22.7 Å². The molecule has 1 aliphatic heterocycles. The first-order valence-electron chi connectivity index (χ1n) is 10.4. The molecule has 4 aromatic rings. The van der Waals surface area contributed by atoms with Gasteiger partial charge in [0.05, 0.1) is 30.3 Å². The number of aromatic nitrogens is 3. The molecule has 0 saturated carbocycles. The van der Waals surface area contributed by atoms with Crippen LogP contribution in [0.5, 0.6) is 0 Å². The van der Waals surface area contributed by atoms with Gasteiger partial charge in [0.25, 0.3) is 0 Å². The Balaban J connectivity index is 1.24. The van der Waals surface area contributed by atoms with Gasteiger partial charge in [-0.3, -0.25) is 9.20 Å². The lowest BCUT2D eigenvalue weighted by molar-refractivity contribution is -0.111. The summed E-state index contributed by atoms with van der Waals surface area (Å²) in [5, 5.41) is 6.02. The Hall–Kier alpha value is -3.01. The number of carbonyl (C=O) groups excluding carboxylic acids is 1. The van der Waals surface area contributed by atoms with E-state index < -0.39 is 0 Å². The lowest BCUT2D eigenvalue weighted by Gasteiger charge is -2.26. The van der Waals surface area contributed by atoms with E-state index in [2.05, 4.69) is 20.6 Å². The number of imidazole rings is 1. The van der Waals surface area contributed by atoms with E-state index in [1.807, 2.05) is 54.8 Å². The number of morpholine rings is 1. The summed E-state index contributed by atoms with van der Waals surface area (Å²) < 4.78 is 7.43. The third-order valence-electron chi connectivity index (χ3n) is 5.28. The number of rotatable bonds is 5. The number of hydrogen-bond donors (Lipinski definition) is 1. The number of amides is 1. The summed E-state index contributed by atoms with van der Waals surface area (Å²) in [6.07, 6.45) is 5.40. The molecular weight excluding hydrogens is 442 g/mol. The number of benzene rings is 1. The van der Waals surface area contributed by atoms with Crippen molar-refractivity contribution >= 4 is 50.4 Å². The summed E-state index contributed by atoms with van der Waals surface area (Å²) in [6.45, 7) is 7.25. The minimum absolute atomic E-state index is 0.178. The fourth-order valence-corrected chi connectivity index (χ4v) is 5.41. The Labute approximate surface area is 194 Å². The Morgan fingerprint density at radius 1 is 1.16 bits per heavy atom. The molecular formula is C23H23N5O2S2. The molecule has 1 amide bonds. The number of nitrogens with zero attached hydrogens (tertiary/aromatic N) is 4. The predicted octanol–water partition coefficient (Wildman–Crippen LogP) is 4.62. The van der Waals surface area contributed by atoms with Crippen molar-refractivity contribution in [1.29, 1.82) is 0 Å². The Bertz CT molecular complexity index is 1280. The SMILES string of the molecule is Cc1cn2c(/C=C/C(=O)Nc3ccc(-c4csc(N5CCOCC5)n4)cc3)c(C)nc2s1. The third kappa shape index (κ3) is 4.32. The van der Waals surface area contributed by atoms with Crippen LogP contribution in [0.15, 0.2) is 41.9 Å². The predicted molar refractivity (Wildman–Crippen MR) is 131 cm³/mol. The first kappa shape index (κ1) is 20.9. The molecule has 0 aliphatic carbocycles. The topological polar surface area (TPSA) is 71.8 Å². The van der Waals surface area contributed by atoms with Gasteiger partial charge < -0.3 is 15.0 Å². The van der Waals surface area contributed by atoms with Gasteiger partial charge in [0.1, 0.15) is 0 Å². The molecule has 1 N–H and O–H groups in total. The van der Waals surface area contributed by atoms with Gasteiger partial charge in [0, 0.05) is 46.9 Å². The third-order valence-corrected chi connectivity index (χ3v) is 7.08. The van der Waals surface area contributed by atoms with Crippen LogP contribution in [0.4, 0.5) is 10.8 Å². The van der Waals surface area contributed by atoms with Crippen molar-refractivity contribution in [2.24, 2.45) is 0 Å². The molecule has 5 rings (SSSR count). The van der Waals surface area contributed by atoms with Crippen LogP contribution in [0.2, 0.25) is 0 Å². The Kier molecular flexibility index (Phi) is 5.77. The first-order chi connectivity index (χ1) is 15.6. The average Bonchev–Trinajstić information content (AvgIpc) is 3.48. The van der Waals surface area contributed by atoms with E-state index in [4.69, 9.17) is 9.72 Å². The van der Waals surface area contributed by atoms with Crippen molar-refractivity contribution in [1.82, 2.24) is 14.4 Å². The summed E-state index contributed by atoms with van der Waals surface area (Å²) in [5.74, 6) is -0.178. The number of carbonyl (C=O) groups is 1. The van der Waals surface area contributed by atoms with Crippen molar-refractivity contribution in [3.05, 3.63) is 58.2 Å². The number of fused-ring (bicyclic) bond motifs is 1. The molecule has 1 aromatic carbocycles. The molecule has 1 fully saturated rings. The summed E-state index contributed by atoms with van der Waals surface area (Å²) in [5.41, 5.74) is 4.55. The van der Waals surface area contributed by atoms with Crippen LogP contribution in [0.1, 0.15) is 16.3 Å². The molecule has 0 spiro atoms. The summed E-state index contributed by atoms with van der Waals surface area (Å²) in [7, 11) is 0. The number of hydrogen-bond acceptors (Lipinski definition) is 7. The minimum atomic E-state index is -0.178. The molecule has 1 saturated heterocycles. The molecule has 4 heterocycles. The van der Waals surface area contributed by atoms with Crippen LogP contribution in [-0.2, 0) is 9.53 Å². The first-order valence-corrected chi connectivity index (χ1v) is 12.1. The quantitative estimate of drug-likeness (QED) is 0.435. The van der Waals surface area contributed by atoms with Crippen molar-refractivity contribution in [2.45, 2.75) is 13.8 Å². The fourth-order valence-electron chi connectivity index (χ4n) is 3.64. The highest BCUT2D eigenvalue weighted by molar-refractivity contribution is 7.17. The van der Waals surface area contributed by atoms with Gasteiger partial charge in [-0.25, -0.2) is 9.97 Å². The van der Waals surface area contributed by atoms with Gasteiger partial charge in [0.2, 0.25) is 5.91 Å². The van der Waals surface area contributed by atoms with Gasteiger partial charge >= 0.3 is 0 Å². The van der Waals surface area contributed by atoms with E-state index in [9.17, 15) is 4.79 Å². The average molecular weight is 466 g/mol. The van der Waals surface area contributed by atoms with E-state index in [-0.39, 0.29) is 5.91 Å². The van der Waals surface area contributed by atoms with Gasteiger partial charge in [-0.2, -0.15) is 0 Å². The number of nitrogens with one attached hydrogen (secondary N) is 1. The number of aryl methyl sites for hydroxylation is 2. The monoisotopic (exact) mass is 465 g/mol. The van der Waals surface area contributed by atoms with Gasteiger partial charge in [-0.05, 0) is 32.1 Å².